The molecule has 0 spiro atoms. The lowest BCUT2D eigenvalue weighted by Crippen LogP contribution is -2.05. The second kappa shape index (κ2) is 10.4. The van der Waals surface area contributed by atoms with Crippen LogP contribution < -0.4 is 5.32 Å². The molecule has 0 radical (unpaired) electrons. The van der Waals surface area contributed by atoms with E-state index in [0.29, 0.717) is 11.4 Å². The molecule has 0 fully saturated rings. The molecule has 92 valence electrons. The second-order valence-electron chi connectivity index (χ2n) is 2.25. The van der Waals surface area contributed by atoms with Gasteiger partial charge in [0.05, 0.1) is 11.4 Å². The minimum Gasteiger partial charge on any atom is -0.385 e. The van der Waals surface area contributed by atoms with Gasteiger partial charge in [-0.2, -0.15) is 0 Å². The number of hydrogen-bond acceptors (Lipinski definition) is 4. The Kier molecular flexibility index (Phi) is 11.2. The summed E-state index contributed by atoms with van der Waals surface area (Å²) in [6.07, 6.45) is 1.39. The highest BCUT2D eigenvalue weighted by molar-refractivity contribution is 6.68. The summed E-state index contributed by atoms with van der Waals surface area (Å²) in [6.45, 7) is 9.83. The van der Waals surface area contributed by atoms with Crippen molar-refractivity contribution < 1.29 is 0 Å². The van der Waals surface area contributed by atoms with Crippen molar-refractivity contribution in [2.45, 2.75) is 34.6 Å². The molecule has 16 heavy (non-hydrogen) atoms. The van der Waals surface area contributed by atoms with Crippen LogP contribution in [0.15, 0.2) is 6.33 Å². The van der Waals surface area contributed by atoms with Crippen molar-refractivity contribution in [2.24, 2.45) is 0 Å². The molecule has 0 bridgehead atoms. The number of aryl methyl sites for hydroxylation is 1. The molecule has 1 heterocycles. The van der Waals surface area contributed by atoms with Crippen LogP contribution in [-0.4, -0.2) is 22.2 Å². The summed E-state index contributed by atoms with van der Waals surface area (Å²) in [5.74, 6) is 0. The molecule has 1 aromatic heterocycles. The Labute approximate surface area is 103 Å². The normalized spacial score (nSPS) is 7.94. The Morgan fingerprint density at radius 1 is 1.25 bits per heavy atom. The van der Waals surface area contributed by atoms with Crippen molar-refractivity contribution in [1.29, 1.82) is 5.41 Å². The second-order valence-corrected chi connectivity index (χ2v) is 2.62. The molecule has 0 aliphatic rings. The topological polar surface area (TPSA) is 61.7 Å². The van der Waals surface area contributed by atoms with Crippen LogP contribution in [0, 0.1) is 12.3 Å². The SMILES string of the molecule is CC.CC.CNc1c(C)ncnc1C(=N)Cl. The standard InChI is InChI=1S/C7H9ClN4.2C2H6/c1-4-5(10-2)6(7(8)9)12-3-11-4;2*1-2/h3,9-10H,1-2H3;2*1-2H3. The number of halogens is 1. The molecule has 0 aromatic carbocycles. The van der Waals surface area contributed by atoms with Gasteiger partial charge in [0, 0.05) is 7.05 Å². The summed E-state index contributed by atoms with van der Waals surface area (Å²) >= 11 is 5.51. The van der Waals surface area contributed by atoms with E-state index in [-0.39, 0.29) is 5.17 Å². The lowest BCUT2D eigenvalue weighted by Gasteiger charge is -2.06. The van der Waals surface area contributed by atoms with Gasteiger partial charge in [0.1, 0.15) is 17.2 Å². The number of nitrogens with zero attached hydrogens (tertiary/aromatic N) is 2. The molecule has 4 nitrogen and oxygen atoms in total. The van der Waals surface area contributed by atoms with Crippen molar-refractivity contribution in [1.82, 2.24) is 9.97 Å². The van der Waals surface area contributed by atoms with Crippen LogP contribution in [0.5, 0.6) is 0 Å². The first-order valence-electron chi connectivity index (χ1n) is 5.40. The molecular weight excluding hydrogens is 224 g/mol. The van der Waals surface area contributed by atoms with Crippen molar-refractivity contribution >= 4 is 22.5 Å². The highest BCUT2D eigenvalue weighted by Gasteiger charge is 2.08. The van der Waals surface area contributed by atoms with E-state index in [1.54, 1.807) is 7.05 Å². The molecule has 0 saturated heterocycles. The van der Waals surface area contributed by atoms with Crippen molar-refractivity contribution in [2.75, 3.05) is 12.4 Å². The lowest BCUT2D eigenvalue weighted by atomic mass is 10.3. The van der Waals surface area contributed by atoms with E-state index in [2.05, 4.69) is 15.3 Å². The number of aromatic nitrogens is 2. The monoisotopic (exact) mass is 244 g/mol. The van der Waals surface area contributed by atoms with Gasteiger partial charge in [0.25, 0.3) is 0 Å². The van der Waals surface area contributed by atoms with Crippen molar-refractivity contribution in [3.63, 3.8) is 0 Å². The van der Waals surface area contributed by atoms with Crippen LogP contribution in [0.1, 0.15) is 39.1 Å². The number of rotatable bonds is 2. The average molecular weight is 245 g/mol. The van der Waals surface area contributed by atoms with Crippen LogP contribution in [0.2, 0.25) is 0 Å². The molecule has 1 rings (SSSR count). The summed E-state index contributed by atoms with van der Waals surface area (Å²) in [5.41, 5.74) is 1.93. The maximum absolute atomic E-state index is 7.21. The van der Waals surface area contributed by atoms with E-state index < -0.39 is 0 Å². The van der Waals surface area contributed by atoms with Gasteiger partial charge in [-0.25, -0.2) is 9.97 Å². The highest BCUT2D eigenvalue weighted by Crippen LogP contribution is 2.16. The molecule has 0 aliphatic heterocycles. The summed E-state index contributed by atoms with van der Waals surface area (Å²) in [7, 11) is 1.75. The largest absolute Gasteiger partial charge is 0.385 e. The fourth-order valence-corrected chi connectivity index (χ4v) is 1.08. The van der Waals surface area contributed by atoms with Crippen LogP contribution in [0.4, 0.5) is 5.69 Å². The lowest BCUT2D eigenvalue weighted by molar-refractivity contribution is 1.09. The van der Waals surface area contributed by atoms with Crippen LogP contribution in [0.3, 0.4) is 0 Å². The van der Waals surface area contributed by atoms with Gasteiger partial charge >= 0.3 is 0 Å². The van der Waals surface area contributed by atoms with Crippen molar-refractivity contribution in [3.8, 4) is 0 Å². The van der Waals surface area contributed by atoms with Gasteiger partial charge in [-0.05, 0) is 6.92 Å². The first-order chi connectivity index (χ1) is 7.66. The smallest absolute Gasteiger partial charge is 0.149 e. The first-order valence-corrected chi connectivity index (χ1v) is 5.78. The Morgan fingerprint density at radius 2 is 1.75 bits per heavy atom. The number of hydrogen-bond donors (Lipinski definition) is 2. The van der Waals surface area contributed by atoms with Gasteiger partial charge in [0.15, 0.2) is 0 Å². The zero-order valence-corrected chi connectivity index (χ0v) is 11.6. The number of anilines is 1. The Morgan fingerprint density at radius 3 is 2.06 bits per heavy atom. The zero-order valence-electron chi connectivity index (χ0n) is 10.8. The first kappa shape index (κ1) is 17.2. The summed E-state index contributed by atoms with van der Waals surface area (Å²) in [5, 5.41) is 10.0. The van der Waals surface area contributed by atoms with E-state index in [0.717, 1.165) is 5.69 Å². The fourth-order valence-electron chi connectivity index (χ4n) is 0.939. The van der Waals surface area contributed by atoms with E-state index in [1.165, 1.54) is 6.33 Å². The summed E-state index contributed by atoms with van der Waals surface area (Å²) < 4.78 is 0. The minimum atomic E-state index is -0.0788. The molecule has 5 heteroatoms. The zero-order chi connectivity index (χ0) is 13.1. The van der Waals surface area contributed by atoms with E-state index >= 15 is 0 Å². The van der Waals surface area contributed by atoms with Gasteiger partial charge < -0.3 is 5.32 Å². The third kappa shape index (κ3) is 5.07. The Balaban J connectivity index is 0. The predicted octanol–water partition coefficient (Wildman–Crippen LogP) is 3.44. The summed E-state index contributed by atoms with van der Waals surface area (Å²) in [6, 6.07) is 0. The Hall–Kier alpha value is -1.16. The molecule has 0 unspecified atom stereocenters. The fraction of sp³-hybridized carbons (Fsp3) is 0.545. The molecule has 0 atom stereocenters. The predicted molar refractivity (Wildman–Crippen MR) is 71.7 cm³/mol. The van der Waals surface area contributed by atoms with E-state index in [1.807, 2.05) is 34.6 Å². The van der Waals surface area contributed by atoms with E-state index in [9.17, 15) is 0 Å². The summed E-state index contributed by atoms with van der Waals surface area (Å²) in [4.78, 5) is 7.84. The molecule has 1 aromatic rings. The maximum atomic E-state index is 7.21. The molecule has 0 saturated carbocycles. The third-order valence-corrected chi connectivity index (χ3v) is 1.67. The van der Waals surface area contributed by atoms with Gasteiger partial charge in [-0.1, -0.05) is 39.3 Å². The average Bonchev–Trinajstić information content (AvgIpc) is 2.33. The molecular formula is C11H21ClN4. The van der Waals surface area contributed by atoms with Crippen LogP contribution in [0.25, 0.3) is 0 Å². The Bertz CT molecular complexity index is 313. The van der Waals surface area contributed by atoms with E-state index in [4.69, 9.17) is 17.0 Å². The van der Waals surface area contributed by atoms with Crippen LogP contribution in [-0.2, 0) is 0 Å². The van der Waals surface area contributed by atoms with Gasteiger partial charge in [-0.15, -0.1) is 0 Å². The molecule has 2 N–H and O–H groups in total. The molecule has 0 aliphatic carbocycles. The van der Waals surface area contributed by atoms with Gasteiger partial charge in [0.2, 0.25) is 0 Å². The quantitative estimate of drug-likeness (QED) is 0.784. The maximum Gasteiger partial charge on any atom is 0.149 e. The third-order valence-electron chi connectivity index (χ3n) is 1.49. The number of nitrogens with one attached hydrogen (secondary N) is 2. The molecule has 0 amide bonds. The van der Waals surface area contributed by atoms with Crippen LogP contribution >= 0.6 is 11.6 Å². The van der Waals surface area contributed by atoms with Gasteiger partial charge in [-0.3, -0.25) is 5.41 Å². The minimum absolute atomic E-state index is 0.0788. The van der Waals surface area contributed by atoms with Crippen molar-refractivity contribution in [3.05, 3.63) is 17.7 Å². The highest BCUT2D eigenvalue weighted by atomic mass is 35.5.